The molecule has 4 nitrogen and oxygen atoms in total. The molecule has 0 aliphatic carbocycles. The van der Waals surface area contributed by atoms with Gasteiger partial charge in [0.05, 0.1) is 11.5 Å². The summed E-state index contributed by atoms with van der Waals surface area (Å²) in [5.74, 6) is 0.184. The quantitative estimate of drug-likeness (QED) is 0.860. The number of benzene rings is 1. The Morgan fingerprint density at radius 2 is 1.92 bits per heavy atom. The second-order valence-electron chi connectivity index (χ2n) is 6.28. The standard InChI is InChI=1S/C16H20F3N3O.ClH/c17-16(18,19)13-3-1-11(2-4-13)9-22-6-5-14(10-22)21-15(23)12-7-20-8-12;/h1-4,12,14,20H,5-10H2,(H,21,23);1H. The maximum atomic E-state index is 12.5. The van der Waals surface area contributed by atoms with Gasteiger partial charge in [0.15, 0.2) is 0 Å². The van der Waals surface area contributed by atoms with Gasteiger partial charge < -0.3 is 10.6 Å². The lowest BCUT2D eigenvalue weighted by Crippen LogP contribution is -2.53. The molecular formula is C16H21ClF3N3O. The van der Waals surface area contributed by atoms with E-state index in [2.05, 4.69) is 15.5 Å². The molecule has 0 spiro atoms. The topological polar surface area (TPSA) is 44.4 Å². The lowest BCUT2D eigenvalue weighted by atomic mass is 10.0. The Labute approximate surface area is 145 Å². The van der Waals surface area contributed by atoms with Gasteiger partial charge in [-0.05, 0) is 24.1 Å². The third-order valence-electron chi connectivity index (χ3n) is 4.46. The van der Waals surface area contributed by atoms with Gasteiger partial charge in [-0.25, -0.2) is 0 Å². The molecule has 1 aromatic carbocycles. The monoisotopic (exact) mass is 363 g/mol. The van der Waals surface area contributed by atoms with Crippen LogP contribution < -0.4 is 10.6 Å². The van der Waals surface area contributed by atoms with Crippen LogP contribution in [0.3, 0.4) is 0 Å². The smallest absolute Gasteiger partial charge is 0.352 e. The Kier molecular flexibility index (Phi) is 6.11. The summed E-state index contributed by atoms with van der Waals surface area (Å²) in [4.78, 5) is 14.1. The van der Waals surface area contributed by atoms with Crippen molar-refractivity contribution in [2.45, 2.75) is 25.2 Å². The van der Waals surface area contributed by atoms with Crippen molar-refractivity contribution in [3.05, 3.63) is 35.4 Å². The molecule has 1 unspecified atom stereocenters. The summed E-state index contributed by atoms with van der Waals surface area (Å²) in [5.41, 5.74) is 0.232. The van der Waals surface area contributed by atoms with Crippen molar-refractivity contribution in [1.82, 2.24) is 15.5 Å². The zero-order valence-corrected chi connectivity index (χ0v) is 13.9. The van der Waals surface area contributed by atoms with Crippen molar-refractivity contribution in [2.24, 2.45) is 5.92 Å². The molecule has 2 saturated heterocycles. The van der Waals surface area contributed by atoms with Crippen molar-refractivity contribution in [2.75, 3.05) is 26.2 Å². The molecule has 3 rings (SSSR count). The van der Waals surface area contributed by atoms with E-state index in [4.69, 9.17) is 0 Å². The van der Waals surface area contributed by atoms with E-state index in [1.807, 2.05) is 0 Å². The van der Waals surface area contributed by atoms with Gasteiger partial charge in [-0.3, -0.25) is 9.69 Å². The van der Waals surface area contributed by atoms with Gasteiger partial charge in [-0.2, -0.15) is 13.2 Å². The van der Waals surface area contributed by atoms with E-state index in [-0.39, 0.29) is 30.3 Å². The zero-order chi connectivity index (χ0) is 16.4. The number of likely N-dealkylation sites (tertiary alicyclic amines) is 1. The molecule has 2 heterocycles. The van der Waals surface area contributed by atoms with Crippen molar-refractivity contribution in [3.63, 3.8) is 0 Å². The molecule has 2 N–H and O–H groups in total. The first-order valence-corrected chi connectivity index (χ1v) is 7.81. The third kappa shape index (κ3) is 4.62. The van der Waals surface area contributed by atoms with Gasteiger partial charge in [0.1, 0.15) is 0 Å². The van der Waals surface area contributed by atoms with Gasteiger partial charge in [-0.15, -0.1) is 12.4 Å². The Balaban J connectivity index is 0.00000208. The summed E-state index contributed by atoms with van der Waals surface area (Å²) >= 11 is 0. The van der Waals surface area contributed by atoms with E-state index in [0.29, 0.717) is 6.54 Å². The largest absolute Gasteiger partial charge is 0.416 e. The Morgan fingerprint density at radius 1 is 1.25 bits per heavy atom. The molecule has 0 radical (unpaired) electrons. The number of hydrogen-bond donors (Lipinski definition) is 2. The fraction of sp³-hybridized carbons (Fsp3) is 0.562. The molecule has 1 amide bonds. The summed E-state index contributed by atoms with van der Waals surface area (Å²) in [5, 5.41) is 6.13. The normalized spacial score (nSPS) is 21.9. The van der Waals surface area contributed by atoms with Crippen LogP contribution in [0.2, 0.25) is 0 Å². The van der Waals surface area contributed by atoms with Crippen molar-refractivity contribution in [1.29, 1.82) is 0 Å². The number of carbonyl (C=O) groups is 1. The molecule has 8 heteroatoms. The Hall–Kier alpha value is -1.31. The molecule has 1 atom stereocenters. The van der Waals surface area contributed by atoms with E-state index in [1.165, 1.54) is 12.1 Å². The van der Waals surface area contributed by atoms with Crippen LogP contribution in [-0.2, 0) is 17.5 Å². The molecule has 0 aromatic heterocycles. The van der Waals surface area contributed by atoms with Crippen LogP contribution in [0.5, 0.6) is 0 Å². The molecule has 2 aliphatic heterocycles. The van der Waals surface area contributed by atoms with Gasteiger partial charge in [0.2, 0.25) is 5.91 Å². The van der Waals surface area contributed by atoms with E-state index in [1.54, 1.807) is 0 Å². The number of hydrogen-bond acceptors (Lipinski definition) is 3. The molecule has 1 aromatic rings. The maximum Gasteiger partial charge on any atom is 0.416 e. The van der Waals surface area contributed by atoms with Crippen molar-refractivity contribution >= 4 is 18.3 Å². The average Bonchev–Trinajstić information content (AvgIpc) is 2.83. The van der Waals surface area contributed by atoms with Gasteiger partial charge in [0, 0.05) is 38.8 Å². The van der Waals surface area contributed by atoms with Crippen molar-refractivity contribution in [3.8, 4) is 0 Å². The fourth-order valence-electron chi connectivity index (χ4n) is 2.94. The zero-order valence-electron chi connectivity index (χ0n) is 13.1. The second kappa shape index (κ2) is 7.72. The third-order valence-corrected chi connectivity index (χ3v) is 4.46. The summed E-state index contributed by atoms with van der Waals surface area (Å²) in [6, 6.07) is 5.42. The van der Waals surface area contributed by atoms with Crippen LogP contribution in [0.1, 0.15) is 17.5 Å². The molecule has 0 saturated carbocycles. The number of halogens is 4. The van der Waals surface area contributed by atoms with Crippen LogP contribution in [0.25, 0.3) is 0 Å². The van der Waals surface area contributed by atoms with Crippen LogP contribution >= 0.6 is 12.4 Å². The number of nitrogens with one attached hydrogen (secondary N) is 2. The van der Waals surface area contributed by atoms with Gasteiger partial charge >= 0.3 is 6.18 Å². The van der Waals surface area contributed by atoms with E-state index in [9.17, 15) is 18.0 Å². The Morgan fingerprint density at radius 3 is 2.46 bits per heavy atom. The minimum absolute atomic E-state index is 0. The minimum atomic E-state index is -4.29. The van der Waals surface area contributed by atoms with Crippen LogP contribution in [-0.4, -0.2) is 43.0 Å². The van der Waals surface area contributed by atoms with Gasteiger partial charge in [0.25, 0.3) is 0 Å². The van der Waals surface area contributed by atoms with Gasteiger partial charge in [-0.1, -0.05) is 12.1 Å². The number of rotatable bonds is 4. The summed E-state index contributed by atoms with van der Waals surface area (Å²) in [6.45, 7) is 3.68. The van der Waals surface area contributed by atoms with E-state index >= 15 is 0 Å². The first-order valence-electron chi connectivity index (χ1n) is 7.81. The number of nitrogens with zero attached hydrogens (tertiary/aromatic N) is 1. The average molecular weight is 364 g/mol. The highest BCUT2D eigenvalue weighted by Gasteiger charge is 2.31. The number of carbonyl (C=O) groups excluding carboxylic acids is 1. The first-order chi connectivity index (χ1) is 10.9. The second-order valence-corrected chi connectivity index (χ2v) is 6.28. The highest BCUT2D eigenvalue weighted by molar-refractivity contribution is 5.85. The van der Waals surface area contributed by atoms with Crippen LogP contribution in [0.4, 0.5) is 13.2 Å². The van der Waals surface area contributed by atoms with E-state index < -0.39 is 11.7 Å². The number of amides is 1. The van der Waals surface area contributed by atoms with Crippen molar-refractivity contribution < 1.29 is 18.0 Å². The van der Waals surface area contributed by atoms with Crippen LogP contribution in [0, 0.1) is 5.92 Å². The molecule has 0 bridgehead atoms. The first kappa shape index (κ1) is 19.0. The SMILES string of the molecule is Cl.O=C(NC1CCN(Cc2ccc(C(F)(F)F)cc2)C1)C1CNC1. The highest BCUT2D eigenvalue weighted by atomic mass is 35.5. The summed E-state index contributed by atoms with van der Waals surface area (Å²) in [7, 11) is 0. The summed E-state index contributed by atoms with van der Waals surface area (Å²) in [6.07, 6.45) is -3.41. The molecular weight excluding hydrogens is 343 g/mol. The predicted molar refractivity (Wildman–Crippen MR) is 86.9 cm³/mol. The number of alkyl halides is 3. The minimum Gasteiger partial charge on any atom is -0.352 e. The highest BCUT2D eigenvalue weighted by Crippen LogP contribution is 2.29. The van der Waals surface area contributed by atoms with E-state index in [0.717, 1.165) is 50.3 Å². The predicted octanol–water partition coefficient (Wildman–Crippen LogP) is 2.04. The van der Waals surface area contributed by atoms with Crippen LogP contribution in [0.15, 0.2) is 24.3 Å². The molecule has 24 heavy (non-hydrogen) atoms. The fourth-order valence-corrected chi connectivity index (χ4v) is 2.94. The Bertz CT molecular complexity index is 561. The molecule has 2 fully saturated rings. The lowest BCUT2D eigenvalue weighted by molar-refractivity contribution is -0.137. The summed E-state index contributed by atoms with van der Waals surface area (Å²) < 4.78 is 37.6. The lowest BCUT2D eigenvalue weighted by Gasteiger charge is -2.27. The molecule has 2 aliphatic rings. The molecule has 134 valence electrons. The maximum absolute atomic E-state index is 12.5.